The van der Waals surface area contributed by atoms with Crippen molar-refractivity contribution in [2.75, 3.05) is 58.1 Å². The predicted molar refractivity (Wildman–Crippen MR) is 335 cm³/mol. The fraction of sp³-hybridized carbons (Fsp3) is 0.107. The Morgan fingerprint density at radius 3 is 0.947 bits per heavy atom. The van der Waals surface area contributed by atoms with Gasteiger partial charge in [0, 0.05) is 92.7 Å². The zero-order valence-corrected chi connectivity index (χ0v) is 52.8. The van der Waals surface area contributed by atoms with Gasteiger partial charge in [-0.2, -0.15) is 50.5 Å². The van der Waals surface area contributed by atoms with Crippen LogP contribution >= 0.6 is 0 Å². The normalized spacial score (nSPS) is 13.2. The van der Waals surface area contributed by atoms with E-state index in [4.69, 9.17) is 0 Å². The minimum Gasteiger partial charge on any atom is -0.322 e. The number of aryl methyl sites for hydroxylation is 2. The van der Waals surface area contributed by atoms with Crippen LogP contribution < -0.4 is 31.9 Å². The Morgan fingerprint density at radius 1 is 0.330 bits per heavy atom. The molecule has 0 saturated carbocycles. The van der Waals surface area contributed by atoms with Crippen LogP contribution in [0.4, 0.5) is 43.7 Å². The lowest BCUT2D eigenvalue weighted by Gasteiger charge is -2.34. The largest absolute Gasteiger partial charge is 0.322 e. The highest BCUT2D eigenvalue weighted by Crippen LogP contribution is 2.39. The molecule has 1 heterocycles. The van der Waals surface area contributed by atoms with Crippen molar-refractivity contribution in [1.29, 1.82) is 0 Å². The number of nitrogens with one attached hydrogen (secondary N) is 6. The Kier molecular flexibility index (Phi) is 18.6. The third-order valence-electron chi connectivity index (χ3n) is 14.3. The fourth-order valence-electron chi connectivity index (χ4n) is 9.72. The van der Waals surface area contributed by atoms with Crippen molar-refractivity contribution in [2.24, 2.45) is 0 Å². The number of carbonyl (C=O) groups is 6. The zero-order chi connectivity index (χ0) is 68.9. The van der Waals surface area contributed by atoms with Gasteiger partial charge in [-0.3, -0.25) is 46.5 Å². The number of anilines is 6. The molecule has 1 fully saturated rings. The molecule has 0 unspecified atom stereocenters. The first-order valence-corrected chi connectivity index (χ1v) is 35.1. The van der Waals surface area contributed by atoms with Gasteiger partial charge < -0.3 is 41.7 Å². The van der Waals surface area contributed by atoms with Crippen LogP contribution in [0.3, 0.4) is 0 Å². The average Bonchev–Trinajstić information content (AvgIpc) is 0.747. The first-order valence-electron chi connectivity index (χ1n) is 26.5. The second-order valence-corrected chi connectivity index (χ2v) is 29.0. The second kappa shape index (κ2) is 25.6. The van der Waals surface area contributed by atoms with Gasteiger partial charge in [0.1, 0.15) is 19.6 Å². The molecule has 1 aliphatic heterocycles. The van der Waals surface area contributed by atoms with Crippen molar-refractivity contribution >= 4 is 152 Å². The first kappa shape index (κ1) is 68.5. The van der Waals surface area contributed by atoms with Crippen molar-refractivity contribution in [3.63, 3.8) is 0 Å². The number of rotatable bonds is 16. The smallest absolute Gasteiger partial charge is 0.321 e. The monoisotopic (exact) mass is 1410 g/mol. The Morgan fingerprint density at radius 2 is 0.638 bits per heavy atom. The maximum Gasteiger partial charge on any atom is 0.321 e. The number of benzene rings is 8. The molecule has 0 bridgehead atoms. The average molecular weight is 1410 g/mol. The Balaban J connectivity index is 0.806. The molecule has 0 atom stereocenters. The van der Waals surface area contributed by atoms with E-state index in [2.05, 4.69) is 31.9 Å². The van der Waals surface area contributed by atoms with Gasteiger partial charge in [0.25, 0.3) is 84.3 Å². The molecule has 0 radical (unpaired) electrons. The number of urea groups is 2. The molecule has 8 amide bonds. The summed E-state index contributed by atoms with van der Waals surface area (Å²) >= 11 is 0. The highest BCUT2D eigenvalue weighted by atomic mass is 32.2. The summed E-state index contributed by atoms with van der Waals surface area (Å²) in [5.41, 5.74) is 0.0799. The number of nitrogens with zero attached hydrogens (tertiary/aromatic N) is 2. The van der Waals surface area contributed by atoms with Crippen LogP contribution in [0, 0.1) is 13.8 Å². The van der Waals surface area contributed by atoms with E-state index in [1.54, 1.807) is 13.8 Å². The van der Waals surface area contributed by atoms with Crippen molar-refractivity contribution in [3.05, 3.63) is 167 Å². The van der Waals surface area contributed by atoms with Gasteiger partial charge in [-0.15, -0.1) is 0 Å². The zero-order valence-electron chi connectivity index (χ0n) is 47.9. The van der Waals surface area contributed by atoms with E-state index in [0.717, 1.165) is 12.1 Å². The maximum atomic E-state index is 13.7. The van der Waals surface area contributed by atoms with E-state index in [-0.39, 0.29) is 71.2 Å². The van der Waals surface area contributed by atoms with Crippen molar-refractivity contribution in [2.45, 2.75) is 43.2 Å². The number of hydrogen-bond acceptors (Lipinski definition) is 18. The molecule has 0 spiro atoms. The van der Waals surface area contributed by atoms with Gasteiger partial charge in [-0.05, 0) is 134 Å². The summed E-state index contributed by atoms with van der Waals surface area (Å²) in [6, 6.07) is 22.9. The number of amides is 8. The summed E-state index contributed by atoms with van der Waals surface area (Å²) in [5.74, 6) is -3.44. The first-order chi connectivity index (χ1) is 43.6. The number of carbonyl (C=O) groups excluding carboxylic acids is 6. The summed E-state index contributed by atoms with van der Waals surface area (Å²) in [5, 5.41) is 12.2. The van der Waals surface area contributed by atoms with Crippen LogP contribution in [0.25, 0.3) is 21.5 Å². The highest BCUT2D eigenvalue weighted by molar-refractivity contribution is 7.88. The van der Waals surface area contributed by atoms with E-state index in [1.165, 1.54) is 94.7 Å². The van der Waals surface area contributed by atoms with E-state index >= 15 is 0 Å². The molecule has 1 aliphatic rings. The van der Waals surface area contributed by atoms with Gasteiger partial charge in [0.2, 0.25) is 0 Å². The molecule has 0 aliphatic carbocycles. The number of fused-ring (bicyclic) bond motifs is 2. The molecule has 1 saturated heterocycles. The molecule has 8 aromatic rings. The summed E-state index contributed by atoms with van der Waals surface area (Å²) in [6.45, 7) is 3.34. The fourth-order valence-corrected chi connectivity index (χ4v) is 13.8. The van der Waals surface area contributed by atoms with Gasteiger partial charge in [0.05, 0.1) is 21.2 Å². The molecule has 94 heavy (non-hydrogen) atoms. The molecule has 12 N–H and O–H groups in total. The molecule has 38 heteroatoms. The molecule has 32 nitrogen and oxygen atoms in total. The number of piperazine rings is 1. The molecule has 8 aromatic carbocycles. The summed E-state index contributed by atoms with van der Waals surface area (Å²) in [7, 11) is -31.8. The van der Waals surface area contributed by atoms with Crippen molar-refractivity contribution in [3.8, 4) is 0 Å². The third kappa shape index (κ3) is 15.3. The molecular formula is C56H48N8O24S6. The maximum absolute atomic E-state index is 13.7. The highest BCUT2D eigenvalue weighted by Gasteiger charge is 2.31. The van der Waals surface area contributed by atoms with Gasteiger partial charge in [-0.1, -0.05) is 24.3 Å². The van der Waals surface area contributed by atoms with E-state index in [1.807, 2.05) is 0 Å². The topological polar surface area (TPSA) is 507 Å². The quantitative estimate of drug-likeness (QED) is 0.0460. The van der Waals surface area contributed by atoms with E-state index in [0.29, 0.717) is 47.5 Å². The lowest BCUT2D eigenvalue weighted by atomic mass is 10.1. The van der Waals surface area contributed by atoms with Gasteiger partial charge >= 0.3 is 12.1 Å². The van der Waals surface area contributed by atoms with Crippen LogP contribution in [0.15, 0.2) is 163 Å². The summed E-state index contributed by atoms with van der Waals surface area (Å²) in [6.07, 6.45) is 0. The van der Waals surface area contributed by atoms with Gasteiger partial charge in [-0.25, -0.2) is 9.59 Å². The Bertz CT molecular complexity index is 5010. The lowest BCUT2D eigenvalue weighted by Crippen LogP contribution is -2.52. The van der Waals surface area contributed by atoms with Crippen LogP contribution in [0.2, 0.25) is 0 Å². The van der Waals surface area contributed by atoms with Gasteiger partial charge in [0.15, 0.2) is 0 Å². The standard InChI is InChI=1S/C56H48N8O24S6/c1-29-9-11-33(53(67)59-41-13-15-45(91(77,78)79)39-25-37(89(71,72)73)27-47(49(39)41)93(83,84)85)23-43(29)61-51(65)31-5-3-7-35(21-31)57-55(69)63-17-19-64(20-18-63)56(70)58-36-8-4-6-32(22-36)52(66)62-44-24-34(12-10-30(44)2)54(68)60-42-14-16-46(92(80,81)82)40-26-38(90(74,75)76)28-48(50(40)42)94(86,87)88/h3-16,21-28H,17-20H2,1-2H3,(H,57,69)(H,58,70)(H,59,67)(H,60,68)(H,61,65)(H,62,66)(H,71,72,73)(H,74,75,76)(H,77,78,79)(H,80,81,82)(H,83,84,85)(H,86,87,88). The van der Waals surface area contributed by atoms with Crippen LogP contribution in [0.1, 0.15) is 52.6 Å². The second-order valence-electron chi connectivity index (χ2n) is 20.6. The van der Waals surface area contributed by atoms with E-state index in [9.17, 15) is 107 Å². The molecule has 0 aromatic heterocycles. The van der Waals surface area contributed by atoms with Crippen LogP contribution in [-0.4, -0.2) is 149 Å². The summed E-state index contributed by atoms with van der Waals surface area (Å²) in [4.78, 5) is 77.5. The van der Waals surface area contributed by atoms with Crippen molar-refractivity contribution < 1.29 is 107 Å². The SMILES string of the molecule is Cc1ccc(C(=O)Nc2ccc(S(=O)(=O)O)c3cc(S(=O)(=O)O)cc(S(=O)(=O)O)c23)cc1NC(=O)c1cccc(NC(=O)N2CCN(C(=O)Nc3cccc(C(=O)Nc4cc(C(=O)Nc5ccc(S(=O)(=O)O)c6cc(S(=O)(=O)O)cc(S(=O)(=O)O)c56)ccc4C)c3)CC2)c1. The lowest BCUT2D eigenvalue weighted by molar-refractivity contribution is 0.101. The molecule has 492 valence electrons. The van der Waals surface area contributed by atoms with E-state index < -0.39 is 159 Å². The van der Waals surface area contributed by atoms with Crippen molar-refractivity contribution in [1.82, 2.24) is 9.80 Å². The molecule has 9 rings (SSSR count). The van der Waals surface area contributed by atoms with Crippen LogP contribution in [-0.2, 0) is 60.7 Å². The third-order valence-corrected chi connectivity index (χ3v) is 19.6. The minimum atomic E-state index is -5.44. The Hall–Kier alpha value is -9.84. The minimum absolute atomic E-state index is 0.0304. The predicted octanol–water partition coefficient (Wildman–Crippen LogP) is 6.48. The Labute approximate surface area is 533 Å². The summed E-state index contributed by atoms with van der Waals surface area (Å²) < 4.78 is 206. The van der Waals surface area contributed by atoms with Crippen LogP contribution in [0.5, 0.6) is 0 Å². The number of hydrogen-bond donors (Lipinski definition) is 12. The molecular weight excluding hydrogens is 1360 g/mol.